The summed E-state index contributed by atoms with van der Waals surface area (Å²) >= 11 is 0. The number of anilines is 2. The predicted molar refractivity (Wildman–Crippen MR) is 109 cm³/mol. The van der Waals surface area contributed by atoms with Gasteiger partial charge in [-0.3, -0.25) is 4.98 Å². The van der Waals surface area contributed by atoms with Crippen LogP contribution < -0.4 is 16.4 Å². The molecular formula is C21H21FN6O. The quantitative estimate of drug-likeness (QED) is 0.593. The zero-order valence-electron chi connectivity index (χ0n) is 15.7. The number of rotatable bonds is 6. The molecule has 0 saturated heterocycles. The summed E-state index contributed by atoms with van der Waals surface area (Å²) in [6.45, 7) is 0.558. The topological polar surface area (TPSA) is 106 Å². The molecule has 7 nitrogen and oxygen atoms in total. The second-order valence-corrected chi connectivity index (χ2v) is 7.19. The van der Waals surface area contributed by atoms with E-state index in [1.165, 1.54) is 6.07 Å². The zero-order valence-corrected chi connectivity index (χ0v) is 15.7. The van der Waals surface area contributed by atoms with E-state index >= 15 is 0 Å². The maximum Gasteiger partial charge on any atom is 0.316 e. The predicted octanol–water partition coefficient (Wildman–Crippen LogP) is 3.70. The summed E-state index contributed by atoms with van der Waals surface area (Å²) < 4.78 is 14.2. The highest BCUT2D eigenvalue weighted by Gasteiger charge is 2.41. The average molecular weight is 392 g/mol. The molecule has 4 rings (SSSR count). The molecule has 1 aliphatic rings. The summed E-state index contributed by atoms with van der Waals surface area (Å²) in [5.74, 6) is 0.369. The Morgan fingerprint density at radius 3 is 2.48 bits per heavy atom. The van der Waals surface area contributed by atoms with Crippen molar-refractivity contribution < 1.29 is 9.18 Å². The van der Waals surface area contributed by atoms with Crippen molar-refractivity contribution in [2.24, 2.45) is 5.73 Å². The van der Waals surface area contributed by atoms with E-state index < -0.39 is 6.03 Å². The fourth-order valence-electron chi connectivity index (χ4n) is 3.58. The van der Waals surface area contributed by atoms with Gasteiger partial charge in [-0.25, -0.2) is 9.18 Å². The molecule has 1 aliphatic carbocycles. The number of urea groups is 1. The number of hydrogen-bond acceptors (Lipinski definition) is 5. The number of benzene rings is 1. The first-order valence-corrected chi connectivity index (χ1v) is 9.41. The van der Waals surface area contributed by atoms with Crippen LogP contribution in [0.3, 0.4) is 0 Å². The molecule has 0 radical (unpaired) electrons. The minimum atomic E-state index is -0.609. The molecule has 29 heavy (non-hydrogen) atoms. The van der Waals surface area contributed by atoms with Gasteiger partial charge in [-0.05, 0) is 49.2 Å². The summed E-state index contributed by atoms with van der Waals surface area (Å²) in [6, 6.07) is 13.3. The normalized spacial score (nSPS) is 14.7. The minimum Gasteiger partial charge on any atom is -0.368 e. The molecule has 148 valence electrons. The third kappa shape index (κ3) is 4.01. The molecule has 4 N–H and O–H groups in total. The molecule has 1 fully saturated rings. The van der Waals surface area contributed by atoms with E-state index in [1.54, 1.807) is 24.4 Å². The van der Waals surface area contributed by atoms with E-state index in [1.807, 2.05) is 24.3 Å². The molecule has 2 heterocycles. The lowest BCUT2D eigenvalue weighted by Crippen LogP contribution is -2.42. The molecule has 0 spiro atoms. The van der Waals surface area contributed by atoms with Crippen LogP contribution in [0.4, 0.5) is 20.7 Å². The second-order valence-electron chi connectivity index (χ2n) is 7.19. The summed E-state index contributed by atoms with van der Waals surface area (Å²) in [6.07, 6.45) is 4.48. The van der Waals surface area contributed by atoms with Crippen molar-refractivity contribution in [2.45, 2.75) is 24.7 Å². The van der Waals surface area contributed by atoms with Crippen LogP contribution in [-0.2, 0) is 5.41 Å². The van der Waals surface area contributed by atoms with Crippen molar-refractivity contribution in [2.75, 3.05) is 17.2 Å². The Labute approximate surface area is 167 Å². The lowest BCUT2D eigenvalue weighted by atomic mass is 9.66. The van der Waals surface area contributed by atoms with Gasteiger partial charge in [0.25, 0.3) is 0 Å². The van der Waals surface area contributed by atoms with Gasteiger partial charge < -0.3 is 16.4 Å². The number of halogens is 1. The molecule has 0 unspecified atom stereocenters. The Kier molecular flexibility index (Phi) is 5.07. The summed E-state index contributed by atoms with van der Waals surface area (Å²) in [5.41, 5.74) is 7.51. The first kappa shape index (κ1) is 18.8. The molecule has 1 aromatic carbocycles. The van der Waals surface area contributed by atoms with Crippen molar-refractivity contribution in [3.05, 3.63) is 66.2 Å². The van der Waals surface area contributed by atoms with Crippen LogP contribution in [0.25, 0.3) is 11.3 Å². The van der Waals surface area contributed by atoms with Gasteiger partial charge in [-0.1, -0.05) is 18.6 Å². The first-order chi connectivity index (χ1) is 14.1. The number of pyridine rings is 1. The van der Waals surface area contributed by atoms with Gasteiger partial charge in [0.2, 0.25) is 0 Å². The van der Waals surface area contributed by atoms with Crippen LogP contribution in [0.15, 0.2) is 54.7 Å². The first-order valence-electron chi connectivity index (χ1n) is 9.41. The Balaban J connectivity index is 1.43. The van der Waals surface area contributed by atoms with Crippen molar-refractivity contribution in [1.29, 1.82) is 0 Å². The van der Waals surface area contributed by atoms with Gasteiger partial charge in [-0.15, -0.1) is 10.2 Å². The van der Waals surface area contributed by atoms with Crippen molar-refractivity contribution in [3.8, 4) is 11.3 Å². The molecule has 2 amide bonds. The van der Waals surface area contributed by atoms with E-state index in [0.717, 1.165) is 24.8 Å². The van der Waals surface area contributed by atoms with Crippen molar-refractivity contribution in [1.82, 2.24) is 15.2 Å². The van der Waals surface area contributed by atoms with Crippen LogP contribution in [-0.4, -0.2) is 27.8 Å². The molecule has 0 aliphatic heterocycles. The number of nitrogens with two attached hydrogens (primary N) is 1. The van der Waals surface area contributed by atoms with E-state index in [9.17, 15) is 9.18 Å². The molecule has 2 aromatic heterocycles. The third-order valence-corrected chi connectivity index (χ3v) is 5.29. The standard InChI is InChI=1S/C21H21FN6O/c22-16-3-1-12-24-19(16)21(10-2-11-21)13-25-18-9-8-17(27-28-18)14-4-6-15(7-5-14)26-20(23)29/h1,3-9,12H,2,10-11,13H2,(H,25,28)(H3,23,26,29). The highest BCUT2D eigenvalue weighted by molar-refractivity contribution is 5.88. The number of carbonyl (C=O) groups is 1. The number of nitrogens with zero attached hydrogens (tertiary/aromatic N) is 3. The fourth-order valence-corrected chi connectivity index (χ4v) is 3.58. The number of amides is 2. The lowest BCUT2D eigenvalue weighted by Gasteiger charge is -2.41. The molecule has 0 bridgehead atoms. The Bertz CT molecular complexity index is 1000. The smallest absolute Gasteiger partial charge is 0.316 e. The monoisotopic (exact) mass is 392 g/mol. The van der Waals surface area contributed by atoms with Gasteiger partial charge >= 0.3 is 6.03 Å². The number of primary amides is 1. The highest BCUT2D eigenvalue weighted by Crippen LogP contribution is 2.43. The van der Waals surface area contributed by atoms with E-state index in [-0.39, 0.29) is 11.2 Å². The van der Waals surface area contributed by atoms with E-state index in [0.29, 0.717) is 29.4 Å². The van der Waals surface area contributed by atoms with Crippen LogP contribution in [0.5, 0.6) is 0 Å². The van der Waals surface area contributed by atoms with E-state index in [2.05, 4.69) is 25.8 Å². The molecule has 3 aromatic rings. The van der Waals surface area contributed by atoms with Crippen LogP contribution in [0.2, 0.25) is 0 Å². The van der Waals surface area contributed by atoms with Crippen LogP contribution >= 0.6 is 0 Å². The van der Waals surface area contributed by atoms with Crippen LogP contribution in [0, 0.1) is 5.82 Å². The molecular weight excluding hydrogens is 371 g/mol. The Morgan fingerprint density at radius 1 is 1.10 bits per heavy atom. The Hall–Kier alpha value is -3.55. The zero-order chi connectivity index (χ0) is 20.3. The molecule has 8 heteroatoms. The second kappa shape index (κ2) is 7.83. The minimum absolute atomic E-state index is 0.260. The summed E-state index contributed by atoms with van der Waals surface area (Å²) in [7, 11) is 0. The Morgan fingerprint density at radius 2 is 1.90 bits per heavy atom. The molecule has 1 saturated carbocycles. The third-order valence-electron chi connectivity index (χ3n) is 5.29. The molecule has 0 atom stereocenters. The van der Waals surface area contributed by atoms with Crippen molar-refractivity contribution >= 4 is 17.5 Å². The lowest BCUT2D eigenvalue weighted by molar-refractivity contribution is 0.243. The number of hydrogen-bond donors (Lipinski definition) is 3. The van der Waals surface area contributed by atoms with Gasteiger partial charge in [0.1, 0.15) is 11.6 Å². The van der Waals surface area contributed by atoms with Gasteiger partial charge in [0.15, 0.2) is 0 Å². The van der Waals surface area contributed by atoms with Crippen molar-refractivity contribution in [3.63, 3.8) is 0 Å². The summed E-state index contributed by atoms with van der Waals surface area (Å²) in [5, 5.41) is 14.3. The number of aromatic nitrogens is 3. The SMILES string of the molecule is NC(=O)Nc1ccc(-c2ccc(NCC3(c4ncccc4F)CCC3)nn2)cc1. The summed E-state index contributed by atoms with van der Waals surface area (Å²) in [4.78, 5) is 15.2. The largest absolute Gasteiger partial charge is 0.368 e. The fraction of sp³-hybridized carbons (Fsp3) is 0.238. The van der Waals surface area contributed by atoms with Crippen LogP contribution in [0.1, 0.15) is 25.0 Å². The highest BCUT2D eigenvalue weighted by atomic mass is 19.1. The maximum atomic E-state index is 14.2. The maximum absolute atomic E-state index is 14.2. The average Bonchev–Trinajstić information content (AvgIpc) is 2.69. The van der Waals surface area contributed by atoms with Gasteiger partial charge in [0, 0.05) is 29.4 Å². The van der Waals surface area contributed by atoms with E-state index in [4.69, 9.17) is 5.73 Å². The van der Waals surface area contributed by atoms with Gasteiger partial charge in [-0.2, -0.15) is 0 Å². The number of carbonyl (C=O) groups excluding carboxylic acids is 1. The van der Waals surface area contributed by atoms with Gasteiger partial charge in [0.05, 0.1) is 11.4 Å². The number of nitrogens with one attached hydrogen (secondary N) is 2.